The molecular formula is C40H68N8O4. The SMILES string of the molecule is CC(C)C1=C(C(C)C)NC(=O)NC1.CC(C)C1=C(C(C)C)NC=NC1.CC(C)c1[nH]c(=O)[nH]c(=O)c1C(C)C.CC(C)c1nc[nH]c(=O)c1C(C)C. The molecule has 2 aromatic heterocycles. The van der Waals surface area contributed by atoms with Gasteiger partial charge in [-0.15, -0.1) is 0 Å². The van der Waals surface area contributed by atoms with Crippen LogP contribution in [0.3, 0.4) is 0 Å². The predicted molar refractivity (Wildman–Crippen MR) is 215 cm³/mol. The number of aliphatic imine (C=N–C) groups is 1. The van der Waals surface area contributed by atoms with Gasteiger partial charge in [0.15, 0.2) is 0 Å². The largest absolute Gasteiger partial charge is 0.350 e. The van der Waals surface area contributed by atoms with Crippen molar-refractivity contribution in [2.24, 2.45) is 28.7 Å². The standard InChI is InChI=1S/C10H16N2O2.C10H16N2O.C10H18N2O.C10H18N2/c1-5(2)7-8(6(3)4)11-10(14)12-9(7)13;1-6(2)8-9(7(3)4)11-5-12-10(8)13;1-6(2)8-5-11-10(13)12-9(8)7(3)4;1-7(2)9-5-11-6-12-10(9)8(3)4/h5-6H,1-4H3,(H2,11,12,13,14);5-7H,1-4H3,(H,11,12,13);6-7H,5H2,1-4H3,(H2,11,12,13);6-8H,5H2,1-4H3,(H,11,12). The third-order valence-corrected chi connectivity index (χ3v) is 8.71. The van der Waals surface area contributed by atoms with Crippen LogP contribution in [0.2, 0.25) is 0 Å². The molecule has 0 radical (unpaired) electrons. The minimum absolute atomic E-state index is 0.00583. The normalized spacial score (nSPS) is 14.3. The first-order valence-corrected chi connectivity index (χ1v) is 18.8. The van der Waals surface area contributed by atoms with Crippen LogP contribution in [0.5, 0.6) is 0 Å². The van der Waals surface area contributed by atoms with Crippen LogP contribution in [0.1, 0.15) is 157 Å². The van der Waals surface area contributed by atoms with E-state index < -0.39 is 5.69 Å². The van der Waals surface area contributed by atoms with E-state index in [1.807, 2.05) is 55.4 Å². The van der Waals surface area contributed by atoms with Crippen LogP contribution in [0.15, 0.2) is 48.2 Å². The van der Waals surface area contributed by atoms with Gasteiger partial charge in [0.25, 0.3) is 11.1 Å². The number of aromatic nitrogens is 4. The van der Waals surface area contributed by atoms with E-state index in [9.17, 15) is 19.2 Å². The molecule has 52 heavy (non-hydrogen) atoms. The van der Waals surface area contributed by atoms with Crippen LogP contribution in [0, 0.1) is 23.7 Å². The second-order valence-corrected chi connectivity index (χ2v) is 15.8. The lowest BCUT2D eigenvalue weighted by atomic mass is 9.94. The number of amides is 2. The maximum absolute atomic E-state index is 11.5. The summed E-state index contributed by atoms with van der Waals surface area (Å²) in [5.41, 5.74) is 7.68. The van der Waals surface area contributed by atoms with Gasteiger partial charge in [-0.3, -0.25) is 19.6 Å². The number of urea groups is 1. The molecule has 2 aromatic rings. The Labute approximate surface area is 311 Å². The van der Waals surface area contributed by atoms with Gasteiger partial charge in [0, 0.05) is 34.8 Å². The molecule has 0 bridgehead atoms. The van der Waals surface area contributed by atoms with Crippen molar-refractivity contribution in [3.05, 3.63) is 82.6 Å². The van der Waals surface area contributed by atoms with Crippen molar-refractivity contribution in [2.45, 2.75) is 134 Å². The zero-order valence-corrected chi connectivity index (χ0v) is 34.7. The molecule has 12 heteroatoms. The van der Waals surface area contributed by atoms with Gasteiger partial charge < -0.3 is 25.9 Å². The number of nitrogens with one attached hydrogen (secondary N) is 6. The van der Waals surface area contributed by atoms with Crippen molar-refractivity contribution in [2.75, 3.05) is 13.1 Å². The van der Waals surface area contributed by atoms with Crippen molar-refractivity contribution >= 4 is 12.4 Å². The Bertz CT molecular complexity index is 1700. The molecule has 0 aliphatic carbocycles. The second kappa shape index (κ2) is 21.3. The summed E-state index contributed by atoms with van der Waals surface area (Å²) in [7, 11) is 0. The smallest absolute Gasteiger partial charge is 0.325 e. The number of hydrogen-bond donors (Lipinski definition) is 6. The van der Waals surface area contributed by atoms with Crippen molar-refractivity contribution in [1.29, 1.82) is 0 Å². The van der Waals surface area contributed by atoms with Crippen LogP contribution in [-0.4, -0.2) is 45.4 Å². The minimum atomic E-state index is -0.428. The summed E-state index contributed by atoms with van der Waals surface area (Å²) in [6, 6.07) is -0.0758. The fourth-order valence-electron chi connectivity index (χ4n) is 6.00. The third-order valence-electron chi connectivity index (χ3n) is 8.71. The highest BCUT2D eigenvalue weighted by molar-refractivity contribution is 5.78. The van der Waals surface area contributed by atoms with Crippen LogP contribution in [-0.2, 0) is 0 Å². The quantitative estimate of drug-likeness (QED) is 0.166. The Morgan fingerprint density at radius 3 is 1.56 bits per heavy atom. The highest BCUT2D eigenvalue weighted by Crippen LogP contribution is 2.23. The van der Waals surface area contributed by atoms with Crippen molar-refractivity contribution in [3.8, 4) is 0 Å². The Hall–Kier alpha value is -4.22. The zero-order chi connectivity index (χ0) is 40.0. The number of carbonyl (C=O) groups is 1. The fourth-order valence-corrected chi connectivity index (χ4v) is 6.00. The van der Waals surface area contributed by atoms with E-state index in [1.54, 1.807) is 6.34 Å². The summed E-state index contributed by atoms with van der Waals surface area (Å²) >= 11 is 0. The Balaban J connectivity index is 0.000000347. The molecule has 0 unspecified atom stereocenters. The van der Waals surface area contributed by atoms with Crippen molar-refractivity contribution in [3.63, 3.8) is 0 Å². The molecule has 0 aromatic carbocycles. The monoisotopic (exact) mass is 725 g/mol. The van der Waals surface area contributed by atoms with E-state index in [1.165, 1.54) is 23.2 Å². The molecule has 2 amide bonds. The Kier molecular flexibility index (Phi) is 18.8. The first-order valence-electron chi connectivity index (χ1n) is 18.8. The topological polar surface area (TPSA) is 177 Å². The van der Waals surface area contributed by atoms with Crippen LogP contribution >= 0.6 is 0 Å². The summed E-state index contributed by atoms with van der Waals surface area (Å²) in [6.45, 7) is 34.8. The maximum Gasteiger partial charge on any atom is 0.325 e. The second-order valence-electron chi connectivity index (χ2n) is 15.8. The molecule has 292 valence electrons. The Morgan fingerprint density at radius 1 is 0.577 bits per heavy atom. The maximum atomic E-state index is 11.5. The van der Waals surface area contributed by atoms with E-state index in [0.29, 0.717) is 41.7 Å². The summed E-state index contributed by atoms with van der Waals surface area (Å²) < 4.78 is 0. The van der Waals surface area contributed by atoms with Crippen molar-refractivity contribution < 1.29 is 4.79 Å². The van der Waals surface area contributed by atoms with E-state index in [-0.39, 0.29) is 34.9 Å². The molecule has 2 aliphatic heterocycles. The number of carbonyl (C=O) groups excluding carboxylic acids is 1. The van der Waals surface area contributed by atoms with E-state index in [0.717, 1.165) is 29.2 Å². The van der Waals surface area contributed by atoms with E-state index >= 15 is 0 Å². The number of hydrogen-bond acceptors (Lipinski definition) is 7. The first-order chi connectivity index (χ1) is 24.1. The molecule has 2 aliphatic rings. The molecule has 6 N–H and O–H groups in total. The van der Waals surface area contributed by atoms with Crippen LogP contribution in [0.4, 0.5) is 4.79 Å². The van der Waals surface area contributed by atoms with Gasteiger partial charge in [-0.05, 0) is 58.5 Å². The van der Waals surface area contributed by atoms with Gasteiger partial charge in [0.1, 0.15) is 0 Å². The highest BCUT2D eigenvalue weighted by Gasteiger charge is 2.21. The molecule has 4 heterocycles. The van der Waals surface area contributed by atoms with Crippen LogP contribution in [0.25, 0.3) is 0 Å². The van der Waals surface area contributed by atoms with Crippen LogP contribution < -0.4 is 32.8 Å². The number of rotatable bonds is 8. The molecule has 0 saturated heterocycles. The average molecular weight is 725 g/mol. The van der Waals surface area contributed by atoms with Gasteiger partial charge in [-0.25, -0.2) is 14.6 Å². The predicted octanol–water partition coefficient (Wildman–Crippen LogP) is 7.38. The van der Waals surface area contributed by atoms with Gasteiger partial charge in [-0.2, -0.15) is 0 Å². The molecule has 0 spiro atoms. The summed E-state index contributed by atoms with van der Waals surface area (Å²) in [6.07, 6.45) is 3.28. The zero-order valence-electron chi connectivity index (χ0n) is 34.7. The fraction of sp³-hybridized carbons (Fsp3) is 0.650. The van der Waals surface area contributed by atoms with Gasteiger partial charge in [0.2, 0.25) is 0 Å². The summed E-state index contributed by atoms with van der Waals surface area (Å²) in [5, 5.41) is 8.91. The molecule has 12 nitrogen and oxygen atoms in total. The van der Waals surface area contributed by atoms with Gasteiger partial charge in [-0.1, -0.05) is 111 Å². The number of nitrogens with zero attached hydrogens (tertiary/aromatic N) is 2. The lowest BCUT2D eigenvalue weighted by Gasteiger charge is -2.26. The lowest BCUT2D eigenvalue weighted by Crippen LogP contribution is -2.44. The summed E-state index contributed by atoms with van der Waals surface area (Å²) in [4.78, 5) is 61.2. The average Bonchev–Trinajstić information content (AvgIpc) is 3.04. The highest BCUT2D eigenvalue weighted by atomic mass is 16.2. The Morgan fingerprint density at radius 2 is 1.13 bits per heavy atom. The van der Waals surface area contributed by atoms with E-state index in [2.05, 4.69) is 96.3 Å². The number of aromatic amines is 3. The molecular weight excluding hydrogens is 656 g/mol. The van der Waals surface area contributed by atoms with Crippen molar-refractivity contribution in [1.82, 2.24) is 35.9 Å². The summed E-state index contributed by atoms with van der Waals surface area (Å²) in [5.74, 6) is 2.88. The van der Waals surface area contributed by atoms with Gasteiger partial charge >= 0.3 is 11.7 Å². The van der Waals surface area contributed by atoms with Gasteiger partial charge in [0.05, 0.1) is 24.9 Å². The first kappa shape index (κ1) is 45.8. The number of allylic oxidation sites excluding steroid dienone is 2. The molecule has 4 rings (SSSR count). The minimum Gasteiger partial charge on any atom is -0.350 e. The molecule has 0 atom stereocenters. The lowest BCUT2D eigenvalue weighted by molar-refractivity contribution is 0.240. The number of H-pyrrole nitrogens is 3. The molecule has 0 saturated carbocycles. The van der Waals surface area contributed by atoms with E-state index in [4.69, 9.17) is 0 Å². The third kappa shape index (κ3) is 13.7. The molecule has 0 fully saturated rings.